The lowest BCUT2D eigenvalue weighted by Gasteiger charge is -2.34. The maximum Gasteiger partial charge on any atom is 0.224 e. The summed E-state index contributed by atoms with van der Waals surface area (Å²) in [6.45, 7) is 7.18. The molecule has 0 spiro atoms. The van der Waals surface area contributed by atoms with Crippen molar-refractivity contribution in [2.75, 3.05) is 45.9 Å². The number of nitrogens with two attached hydrogens (primary N) is 1. The van der Waals surface area contributed by atoms with Crippen LogP contribution in [0.25, 0.3) is 0 Å². The van der Waals surface area contributed by atoms with Crippen LogP contribution in [0.3, 0.4) is 0 Å². The van der Waals surface area contributed by atoms with Crippen LogP contribution in [-0.2, 0) is 9.53 Å². The molecule has 0 radical (unpaired) electrons. The molecule has 1 heterocycles. The van der Waals surface area contributed by atoms with Gasteiger partial charge in [0.1, 0.15) is 0 Å². The number of carbonyl (C=O) groups excluding carboxylic acids is 1. The second-order valence-electron chi connectivity index (χ2n) is 4.49. The summed E-state index contributed by atoms with van der Waals surface area (Å²) < 4.78 is 5.33. The van der Waals surface area contributed by atoms with Crippen molar-refractivity contribution in [2.45, 2.75) is 19.8 Å². The summed E-state index contributed by atoms with van der Waals surface area (Å²) in [5, 5.41) is 0. The number of nitrogens with zero attached hydrogens (tertiary/aromatic N) is 2. The van der Waals surface area contributed by atoms with Crippen molar-refractivity contribution >= 4 is 23.1 Å². The van der Waals surface area contributed by atoms with E-state index in [2.05, 4.69) is 11.8 Å². The van der Waals surface area contributed by atoms with Gasteiger partial charge in [0.15, 0.2) is 0 Å². The van der Waals surface area contributed by atoms with Crippen LogP contribution in [0.15, 0.2) is 0 Å². The third-order valence-electron chi connectivity index (χ3n) is 2.91. The first-order valence-corrected chi connectivity index (χ1v) is 6.90. The van der Waals surface area contributed by atoms with Gasteiger partial charge >= 0.3 is 0 Å². The zero-order valence-corrected chi connectivity index (χ0v) is 11.9. The molecule has 0 unspecified atom stereocenters. The van der Waals surface area contributed by atoms with E-state index in [1.54, 1.807) is 0 Å². The summed E-state index contributed by atoms with van der Waals surface area (Å²) in [5.74, 6) is 0.182. The molecule has 5 nitrogen and oxygen atoms in total. The normalized spacial score (nSPS) is 16.8. The number of thiocarbonyl (C=S) groups is 1. The fourth-order valence-electron chi connectivity index (χ4n) is 1.94. The fraction of sp³-hybridized carbons (Fsp3) is 0.833. The molecule has 1 rings (SSSR count). The summed E-state index contributed by atoms with van der Waals surface area (Å²) in [7, 11) is 0. The molecule has 1 aliphatic rings. The molecule has 0 aromatic carbocycles. The molecule has 0 bridgehead atoms. The van der Waals surface area contributed by atoms with Crippen LogP contribution in [0.1, 0.15) is 19.8 Å². The molecule has 0 saturated carbocycles. The van der Waals surface area contributed by atoms with Crippen molar-refractivity contribution in [2.24, 2.45) is 5.73 Å². The largest absolute Gasteiger partial charge is 0.392 e. The average Bonchev–Trinajstić information content (AvgIpc) is 2.34. The van der Waals surface area contributed by atoms with Crippen LogP contribution in [0.4, 0.5) is 0 Å². The van der Waals surface area contributed by atoms with E-state index in [1.165, 1.54) is 0 Å². The van der Waals surface area contributed by atoms with Crippen molar-refractivity contribution in [3.63, 3.8) is 0 Å². The van der Waals surface area contributed by atoms with Gasteiger partial charge in [0.2, 0.25) is 5.91 Å². The van der Waals surface area contributed by atoms with Crippen LogP contribution < -0.4 is 5.73 Å². The van der Waals surface area contributed by atoms with Gasteiger partial charge in [-0.25, -0.2) is 0 Å². The van der Waals surface area contributed by atoms with Crippen LogP contribution in [0, 0.1) is 0 Å². The second-order valence-corrected chi connectivity index (χ2v) is 5.01. The van der Waals surface area contributed by atoms with E-state index in [0.717, 1.165) is 39.2 Å². The molecular weight excluding hydrogens is 250 g/mol. The molecular formula is C12H23N3O2S. The summed E-state index contributed by atoms with van der Waals surface area (Å²) in [5.41, 5.74) is 5.50. The first-order chi connectivity index (χ1) is 8.63. The van der Waals surface area contributed by atoms with Crippen molar-refractivity contribution in [1.82, 2.24) is 9.80 Å². The van der Waals surface area contributed by atoms with E-state index in [-0.39, 0.29) is 5.91 Å². The van der Waals surface area contributed by atoms with Gasteiger partial charge in [-0.15, -0.1) is 0 Å². The topological polar surface area (TPSA) is 58.8 Å². The van der Waals surface area contributed by atoms with E-state index in [4.69, 9.17) is 22.7 Å². The molecule has 1 amide bonds. The van der Waals surface area contributed by atoms with Crippen molar-refractivity contribution in [3.8, 4) is 0 Å². The Bertz CT molecular complexity index is 278. The van der Waals surface area contributed by atoms with E-state index in [9.17, 15) is 4.79 Å². The van der Waals surface area contributed by atoms with Gasteiger partial charge in [0.05, 0.1) is 18.0 Å². The average molecular weight is 273 g/mol. The lowest BCUT2D eigenvalue weighted by Crippen LogP contribution is -2.50. The number of hydrogen-bond donors (Lipinski definition) is 1. The molecule has 104 valence electrons. The number of ether oxygens (including phenoxy) is 1. The quantitative estimate of drug-likeness (QED) is 0.532. The molecule has 1 fully saturated rings. The van der Waals surface area contributed by atoms with Crippen LogP contribution in [-0.4, -0.2) is 66.6 Å². The Labute approximate surface area is 114 Å². The fourth-order valence-corrected chi connectivity index (χ4v) is 2.12. The number of piperazine rings is 1. The van der Waals surface area contributed by atoms with Gasteiger partial charge in [-0.1, -0.05) is 19.1 Å². The highest BCUT2D eigenvalue weighted by atomic mass is 32.1. The number of hydrogen-bond acceptors (Lipinski definition) is 4. The summed E-state index contributed by atoms with van der Waals surface area (Å²) in [6.07, 6.45) is 1.47. The highest BCUT2D eigenvalue weighted by Crippen LogP contribution is 2.04. The monoisotopic (exact) mass is 273 g/mol. The first-order valence-electron chi connectivity index (χ1n) is 6.49. The molecule has 1 saturated heterocycles. The molecule has 1 aliphatic heterocycles. The Balaban J connectivity index is 2.17. The van der Waals surface area contributed by atoms with Gasteiger partial charge in [-0.3, -0.25) is 9.69 Å². The Morgan fingerprint density at radius 2 is 1.94 bits per heavy atom. The highest BCUT2D eigenvalue weighted by Gasteiger charge is 2.20. The maximum absolute atomic E-state index is 11.9. The smallest absolute Gasteiger partial charge is 0.224 e. The molecule has 2 N–H and O–H groups in total. The van der Waals surface area contributed by atoms with Crippen LogP contribution >= 0.6 is 12.2 Å². The van der Waals surface area contributed by atoms with Gasteiger partial charge in [0.25, 0.3) is 0 Å². The first kappa shape index (κ1) is 15.3. The minimum absolute atomic E-state index is 0.182. The van der Waals surface area contributed by atoms with Crippen molar-refractivity contribution in [3.05, 3.63) is 0 Å². The number of rotatable bonds is 7. The van der Waals surface area contributed by atoms with E-state index in [0.29, 0.717) is 24.6 Å². The summed E-state index contributed by atoms with van der Waals surface area (Å²) in [4.78, 5) is 16.5. The second kappa shape index (κ2) is 8.39. The Kier molecular flexibility index (Phi) is 7.15. The Hall–Kier alpha value is -0.720. The van der Waals surface area contributed by atoms with Crippen LogP contribution in [0.2, 0.25) is 0 Å². The summed E-state index contributed by atoms with van der Waals surface area (Å²) >= 11 is 4.88. The van der Waals surface area contributed by atoms with E-state index in [1.807, 2.05) is 4.90 Å². The predicted octanol–water partition coefficient (Wildman–Crippen LogP) is 0.233. The van der Waals surface area contributed by atoms with Crippen molar-refractivity contribution in [1.29, 1.82) is 0 Å². The standard InChI is InChI=1S/C12H23N3O2S/c1-2-8-17-9-3-12(16)15-6-4-14(5-7-15)10-11(13)18/h2-10H2,1H3,(H2,13,18). The number of amides is 1. The van der Waals surface area contributed by atoms with Gasteiger partial charge < -0.3 is 15.4 Å². The molecule has 18 heavy (non-hydrogen) atoms. The van der Waals surface area contributed by atoms with E-state index < -0.39 is 0 Å². The minimum Gasteiger partial charge on any atom is -0.392 e. The molecule has 0 aliphatic carbocycles. The molecule has 0 atom stereocenters. The third kappa shape index (κ3) is 5.75. The Morgan fingerprint density at radius 3 is 2.50 bits per heavy atom. The Morgan fingerprint density at radius 1 is 1.28 bits per heavy atom. The lowest BCUT2D eigenvalue weighted by atomic mass is 10.3. The van der Waals surface area contributed by atoms with Crippen molar-refractivity contribution < 1.29 is 9.53 Å². The minimum atomic E-state index is 0.182. The SMILES string of the molecule is CCCOCCC(=O)N1CCN(CC(N)=S)CC1. The molecule has 0 aromatic rings. The molecule has 0 aromatic heterocycles. The van der Waals surface area contributed by atoms with E-state index >= 15 is 0 Å². The summed E-state index contributed by atoms with van der Waals surface area (Å²) in [6, 6.07) is 0. The number of carbonyl (C=O) groups is 1. The van der Waals surface area contributed by atoms with Gasteiger partial charge in [-0.2, -0.15) is 0 Å². The zero-order valence-electron chi connectivity index (χ0n) is 11.1. The highest BCUT2D eigenvalue weighted by molar-refractivity contribution is 7.80. The maximum atomic E-state index is 11.9. The van der Waals surface area contributed by atoms with Gasteiger partial charge in [0, 0.05) is 39.3 Å². The molecule has 6 heteroatoms. The lowest BCUT2D eigenvalue weighted by molar-refractivity contribution is -0.134. The third-order valence-corrected chi connectivity index (χ3v) is 3.04. The van der Waals surface area contributed by atoms with Crippen LogP contribution in [0.5, 0.6) is 0 Å². The van der Waals surface area contributed by atoms with Gasteiger partial charge in [-0.05, 0) is 6.42 Å². The predicted molar refractivity (Wildman–Crippen MR) is 75.5 cm³/mol. The zero-order chi connectivity index (χ0) is 13.4.